The van der Waals surface area contributed by atoms with Crippen molar-refractivity contribution in [3.8, 4) is 11.3 Å². The maximum absolute atomic E-state index is 12.5. The van der Waals surface area contributed by atoms with Gasteiger partial charge in [0.1, 0.15) is 11.5 Å². The van der Waals surface area contributed by atoms with E-state index in [2.05, 4.69) is 10.5 Å². The second kappa shape index (κ2) is 7.89. The number of hydrogen-bond acceptors (Lipinski definition) is 3. The zero-order valence-corrected chi connectivity index (χ0v) is 16.0. The van der Waals surface area contributed by atoms with Crippen LogP contribution in [0.15, 0.2) is 82.3 Å². The van der Waals surface area contributed by atoms with Gasteiger partial charge in [0.2, 0.25) is 0 Å². The highest BCUT2D eigenvalue weighted by Gasteiger charge is 2.11. The third kappa shape index (κ3) is 3.65. The monoisotopic (exact) mass is 408 g/mol. The number of benzene rings is 3. The summed E-state index contributed by atoms with van der Waals surface area (Å²) in [7, 11) is 0. The van der Waals surface area contributed by atoms with E-state index in [1.807, 2.05) is 42.5 Å². The Bertz CT molecular complexity index is 1190. The Morgan fingerprint density at radius 3 is 2.61 bits per heavy atom. The van der Waals surface area contributed by atoms with Gasteiger partial charge in [-0.2, -0.15) is 5.10 Å². The van der Waals surface area contributed by atoms with Gasteiger partial charge in [-0.05, 0) is 41.1 Å². The van der Waals surface area contributed by atoms with Crippen molar-refractivity contribution < 1.29 is 9.21 Å². The molecule has 6 heteroatoms. The van der Waals surface area contributed by atoms with E-state index in [4.69, 9.17) is 27.6 Å². The summed E-state index contributed by atoms with van der Waals surface area (Å²) in [6.45, 7) is 0. The van der Waals surface area contributed by atoms with Gasteiger partial charge in [0.05, 0.1) is 16.3 Å². The molecule has 0 fully saturated rings. The van der Waals surface area contributed by atoms with Crippen LogP contribution >= 0.6 is 23.2 Å². The molecular formula is C22H14Cl2N2O2. The van der Waals surface area contributed by atoms with E-state index in [9.17, 15) is 4.79 Å². The van der Waals surface area contributed by atoms with Crippen LogP contribution in [0.25, 0.3) is 22.1 Å². The van der Waals surface area contributed by atoms with Crippen LogP contribution in [-0.2, 0) is 0 Å². The summed E-state index contributed by atoms with van der Waals surface area (Å²) in [5.74, 6) is 0.747. The second-order valence-corrected chi connectivity index (χ2v) is 6.81. The number of amides is 1. The van der Waals surface area contributed by atoms with Gasteiger partial charge in [-0.25, -0.2) is 5.43 Å². The molecule has 0 spiro atoms. The number of nitrogens with zero attached hydrogens (tertiary/aromatic N) is 1. The lowest BCUT2D eigenvalue weighted by molar-refractivity contribution is 0.0957. The molecule has 1 heterocycles. The molecule has 0 unspecified atom stereocenters. The molecular weight excluding hydrogens is 395 g/mol. The standard InChI is InChI=1S/C22H14Cl2N2O2/c23-19-10-4-9-18(21(19)24)20-12-11-15(28-20)13-25-26-22(27)17-8-3-6-14-5-1-2-7-16(14)17/h1-13H,(H,26,27)/b25-13-. The quantitative estimate of drug-likeness (QED) is 0.324. The van der Waals surface area contributed by atoms with Crippen molar-refractivity contribution in [3.05, 3.63) is 94.2 Å². The summed E-state index contributed by atoms with van der Waals surface area (Å²) in [5.41, 5.74) is 3.78. The molecule has 0 atom stereocenters. The molecule has 138 valence electrons. The zero-order valence-electron chi connectivity index (χ0n) is 14.5. The Morgan fingerprint density at radius 1 is 0.929 bits per heavy atom. The van der Waals surface area contributed by atoms with Crippen LogP contribution in [0.1, 0.15) is 16.1 Å². The van der Waals surface area contributed by atoms with Gasteiger partial charge in [0, 0.05) is 11.1 Å². The molecule has 3 aromatic carbocycles. The van der Waals surface area contributed by atoms with Crippen LogP contribution < -0.4 is 5.43 Å². The highest BCUT2D eigenvalue weighted by molar-refractivity contribution is 6.43. The summed E-state index contributed by atoms with van der Waals surface area (Å²) in [5, 5.41) is 6.73. The number of nitrogens with one attached hydrogen (secondary N) is 1. The predicted molar refractivity (Wildman–Crippen MR) is 113 cm³/mol. The third-order valence-electron chi connectivity index (χ3n) is 4.24. The maximum atomic E-state index is 12.5. The van der Waals surface area contributed by atoms with Gasteiger partial charge < -0.3 is 4.42 Å². The second-order valence-electron chi connectivity index (χ2n) is 6.03. The Labute approximate surface area is 171 Å². The lowest BCUT2D eigenvalue weighted by Gasteiger charge is -2.04. The largest absolute Gasteiger partial charge is 0.455 e. The number of halogens is 2. The normalized spacial score (nSPS) is 11.2. The number of carbonyl (C=O) groups is 1. The van der Waals surface area contributed by atoms with E-state index in [-0.39, 0.29) is 5.91 Å². The van der Waals surface area contributed by atoms with Crippen molar-refractivity contribution >= 4 is 46.1 Å². The minimum atomic E-state index is -0.294. The fourth-order valence-corrected chi connectivity index (χ4v) is 3.29. The van der Waals surface area contributed by atoms with Gasteiger partial charge in [0.25, 0.3) is 5.91 Å². The van der Waals surface area contributed by atoms with Gasteiger partial charge >= 0.3 is 0 Å². The van der Waals surface area contributed by atoms with Crippen molar-refractivity contribution in [1.82, 2.24) is 5.43 Å². The Hall–Kier alpha value is -3.08. The Morgan fingerprint density at radius 2 is 1.71 bits per heavy atom. The highest BCUT2D eigenvalue weighted by atomic mass is 35.5. The number of rotatable bonds is 4. The highest BCUT2D eigenvalue weighted by Crippen LogP contribution is 2.34. The molecule has 4 aromatic rings. The molecule has 0 aliphatic rings. The first-order valence-corrected chi connectivity index (χ1v) is 9.24. The van der Waals surface area contributed by atoms with Gasteiger partial charge in [-0.15, -0.1) is 0 Å². The number of carbonyl (C=O) groups excluding carboxylic acids is 1. The lowest BCUT2D eigenvalue weighted by atomic mass is 10.0. The first-order valence-electron chi connectivity index (χ1n) is 8.49. The average molecular weight is 409 g/mol. The predicted octanol–water partition coefficient (Wildman–Crippen LogP) is 6.17. The van der Waals surface area contributed by atoms with Crippen LogP contribution in [0, 0.1) is 0 Å². The van der Waals surface area contributed by atoms with Crippen LogP contribution in [0.5, 0.6) is 0 Å². The molecule has 0 radical (unpaired) electrons. The van der Waals surface area contributed by atoms with Crippen molar-refractivity contribution in [2.45, 2.75) is 0 Å². The lowest BCUT2D eigenvalue weighted by Crippen LogP contribution is -2.17. The molecule has 0 saturated carbocycles. The van der Waals surface area contributed by atoms with Crippen LogP contribution in [-0.4, -0.2) is 12.1 Å². The van der Waals surface area contributed by atoms with E-state index < -0.39 is 0 Å². The van der Waals surface area contributed by atoms with Crippen molar-refractivity contribution in [1.29, 1.82) is 0 Å². The van der Waals surface area contributed by atoms with Gasteiger partial charge in [-0.1, -0.05) is 65.7 Å². The zero-order chi connectivity index (χ0) is 19.5. The molecule has 1 aromatic heterocycles. The van der Waals surface area contributed by atoms with Crippen LogP contribution in [0.2, 0.25) is 10.0 Å². The van der Waals surface area contributed by atoms with Gasteiger partial charge in [0.15, 0.2) is 0 Å². The van der Waals surface area contributed by atoms with E-state index in [1.165, 1.54) is 6.21 Å². The number of hydrazone groups is 1. The minimum Gasteiger partial charge on any atom is -0.455 e. The summed E-state index contributed by atoms with van der Waals surface area (Å²) in [6, 6.07) is 22.1. The van der Waals surface area contributed by atoms with E-state index in [0.717, 1.165) is 10.8 Å². The molecule has 1 N–H and O–H groups in total. The Balaban J connectivity index is 1.50. The van der Waals surface area contributed by atoms with E-state index >= 15 is 0 Å². The minimum absolute atomic E-state index is 0.294. The topological polar surface area (TPSA) is 54.6 Å². The molecule has 0 bridgehead atoms. The van der Waals surface area contributed by atoms with Crippen LogP contribution in [0.3, 0.4) is 0 Å². The first-order chi connectivity index (χ1) is 13.6. The van der Waals surface area contributed by atoms with Gasteiger partial charge in [-0.3, -0.25) is 4.79 Å². The van der Waals surface area contributed by atoms with Crippen LogP contribution in [0.4, 0.5) is 0 Å². The average Bonchev–Trinajstić information content (AvgIpc) is 3.18. The summed E-state index contributed by atoms with van der Waals surface area (Å²) < 4.78 is 5.72. The third-order valence-corrected chi connectivity index (χ3v) is 5.05. The SMILES string of the molecule is O=C(N/N=C\c1ccc(-c2cccc(Cl)c2Cl)o1)c1cccc2ccccc12. The molecule has 4 nitrogen and oxygen atoms in total. The fourth-order valence-electron chi connectivity index (χ4n) is 2.90. The molecule has 4 rings (SSSR count). The molecule has 28 heavy (non-hydrogen) atoms. The first kappa shape index (κ1) is 18.3. The molecule has 0 aliphatic heterocycles. The molecule has 1 amide bonds. The van der Waals surface area contributed by atoms with Crippen molar-refractivity contribution in [2.24, 2.45) is 5.10 Å². The summed E-state index contributed by atoms with van der Waals surface area (Å²) in [6.07, 6.45) is 1.44. The summed E-state index contributed by atoms with van der Waals surface area (Å²) >= 11 is 12.3. The molecule has 0 saturated heterocycles. The summed E-state index contributed by atoms with van der Waals surface area (Å²) in [4.78, 5) is 12.5. The van der Waals surface area contributed by atoms with E-state index in [0.29, 0.717) is 32.7 Å². The maximum Gasteiger partial charge on any atom is 0.271 e. The number of fused-ring (bicyclic) bond motifs is 1. The molecule has 0 aliphatic carbocycles. The number of furan rings is 1. The van der Waals surface area contributed by atoms with Crippen molar-refractivity contribution in [3.63, 3.8) is 0 Å². The smallest absolute Gasteiger partial charge is 0.271 e. The fraction of sp³-hybridized carbons (Fsp3) is 0. The van der Waals surface area contributed by atoms with Crippen molar-refractivity contribution in [2.75, 3.05) is 0 Å². The van der Waals surface area contributed by atoms with E-state index in [1.54, 1.807) is 30.3 Å². The number of hydrogen-bond donors (Lipinski definition) is 1. The Kier molecular flexibility index (Phi) is 5.15.